The highest BCUT2D eigenvalue weighted by Gasteiger charge is 2.00. The molecule has 1 aromatic heterocycles. The molecule has 1 rings (SSSR count). The van der Waals surface area contributed by atoms with Gasteiger partial charge in [0.05, 0.1) is 18.7 Å². The summed E-state index contributed by atoms with van der Waals surface area (Å²) >= 11 is 0. The highest BCUT2D eigenvalue weighted by Crippen LogP contribution is 2.06. The van der Waals surface area contributed by atoms with Crippen molar-refractivity contribution in [1.29, 1.82) is 5.26 Å². The molecule has 0 spiro atoms. The van der Waals surface area contributed by atoms with Gasteiger partial charge in [-0.1, -0.05) is 0 Å². The monoisotopic (exact) mass is 150 g/mol. The largest absolute Gasteiger partial charge is 0.259 e. The number of hydrogen-bond donors (Lipinski definition) is 0. The maximum Gasteiger partial charge on any atom is 0.145 e. The first-order chi connectivity index (χ1) is 5.24. The van der Waals surface area contributed by atoms with Crippen LogP contribution in [0.25, 0.3) is 0 Å². The average molecular weight is 150 g/mol. The fraction of sp³-hybridized carbons (Fsp3) is 0.250. The van der Waals surface area contributed by atoms with Gasteiger partial charge in [-0.25, -0.2) is 4.39 Å². The molecule has 2 nitrogen and oxygen atoms in total. The van der Waals surface area contributed by atoms with Gasteiger partial charge in [-0.15, -0.1) is 0 Å². The summed E-state index contributed by atoms with van der Waals surface area (Å²) in [5.74, 6) is -0.405. The third kappa shape index (κ3) is 1.74. The molecule has 1 heterocycles. The summed E-state index contributed by atoms with van der Waals surface area (Å²) in [4.78, 5) is 3.74. The summed E-state index contributed by atoms with van der Waals surface area (Å²) in [7, 11) is 0. The van der Waals surface area contributed by atoms with Crippen molar-refractivity contribution in [2.24, 2.45) is 0 Å². The maximum atomic E-state index is 12.7. The van der Waals surface area contributed by atoms with E-state index in [2.05, 4.69) is 4.98 Å². The highest BCUT2D eigenvalue weighted by atomic mass is 19.1. The molecule has 0 radical (unpaired) electrons. The summed E-state index contributed by atoms with van der Waals surface area (Å²) in [5.41, 5.74) is 1.15. The van der Waals surface area contributed by atoms with Crippen molar-refractivity contribution in [3.63, 3.8) is 0 Å². The van der Waals surface area contributed by atoms with E-state index in [0.29, 0.717) is 5.56 Å². The summed E-state index contributed by atoms with van der Waals surface area (Å²) in [6, 6.07) is 3.47. The molecule has 0 saturated carbocycles. The minimum absolute atomic E-state index is 0.106. The van der Waals surface area contributed by atoms with E-state index in [1.807, 2.05) is 6.07 Å². The molecule has 11 heavy (non-hydrogen) atoms. The van der Waals surface area contributed by atoms with E-state index in [9.17, 15) is 4.39 Å². The van der Waals surface area contributed by atoms with E-state index in [4.69, 9.17) is 5.26 Å². The van der Waals surface area contributed by atoms with Crippen molar-refractivity contribution in [1.82, 2.24) is 4.98 Å². The zero-order chi connectivity index (χ0) is 8.27. The van der Waals surface area contributed by atoms with E-state index in [1.54, 1.807) is 13.0 Å². The van der Waals surface area contributed by atoms with Crippen LogP contribution in [0.4, 0.5) is 4.39 Å². The molecule has 0 aromatic carbocycles. The predicted molar refractivity (Wildman–Crippen MR) is 38.2 cm³/mol. The van der Waals surface area contributed by atoms with Crippen LogP contribution in [0, 0.1) is 24.1 Å². The van der Waals surface area contributed by atoms with Gasteiger partial charge in [0.1, 0.15) is 5.82 Å². The van der Waals surface area contributed by atoms with Crippen LogP contribution < -0.4 is 0 Å². The second-order valence-corrected chi connectivity index (χ2v) is 2.25. The first kappa shape index (κ1) is 7.67. The smallest absolute Gasteiger partial charge is 0.145 e. The van der Waals surface area contributed by atoms with E-state index in [0.717, 1.165) is 11.9 Å². The van der Waals surface area contributed by atoms with Gasteiger partial charge in [-0.2, -0.15) is 5.26 Å². The molecule has 3 heteroatoms. The van der Waals surface area contributed by atoms with Gasteiger partial charge in [0, 0.05) is 11.3 Å². The predicted octanol–water partition coefficient (Wildman–Crippen LogP) is 1.60. The SMILES string of the molecule is Cc1cc(CC#N)c(F)cn1. The molecule has 0 saturated heterocycles. The Labute approximate surface area is 64.3 Å². The first-order valence-electron chi connectivity index (χ1n) is 3.22. The number of hydrogen-bond acceptors (Lipinski definition) is 2. The number of aryl methyl sites for hydroxylation is 1. The second-order valence-electron chi connectivity index (χ2n) is 2.25. The number of rotatable bonds is 1. The van der Waals surface area contributed by atoms with Gasteiger partial charge in [0.2, 0.25) is 0 Å². The average Bonchev–Trinajstić information content (AvgIpc) is 1.98. The molecular weight excluding hydrogens is 143 g/mol. The van der Waals surface area contributed by atoms with Gasteiger partial charge < -0.3 is 0 Å². The Morgan fingerprint density at radius 2 is 2.45 bits per heavy atom. The van der Waals surface area contributed by atoms with Crippen LogP contribution in [0.2, 0.25) is 0 Å². The lowest BCUT2D eigenvalue weighted by Gasteiger charge is -1.97. The quantitative estimate of drug-likeness (QED) is 0.609. The Balaban J connectivity index is 3.05. The van der Waals surface area contributed by atoms with Gasteiger partial charge >= 0.3 is 0 Å². The third-order valence-electron chi connectivity index (χ3n) is 1.34. The zero-order valence-corrected chi connectivity index (χ0v) is 6.13. The van der Waals surface area contributed by atoms with Gasteiger partial charge in [-0.3, -0.25) is 4.98 Å². The number of pyridine rings is 1. The topological polar surface area (TPSA) is 36.7 Å². The van der Waals surface area contributed by atoms with E-state index >= 15 is 0 Å². The minimum atomic E-state index is -0.405. The lowest BCUT2D eigenvalue weighted by molar-refractivity contribution is 0.607. The van der Waals surface area contributed by atoms with E-state index in [-0.39, 0.29) is 6.42 Å². The van der Waals surface area contributed by atoms with Crippen LogP contribution in [0.1, 0.15) is 11.3 Å². The fourth-order valence-corrected chi connectivity index (χ4v) is 0.820. The number of aromatic nitrogens is 1. The van der Waals surface area contributed by atoms with Crippen LogP contribution in [-0.4, -0.2) is 4.98 Å². The number of halogens is 1. The van der Waals surface area contributed by atoms with Crippen molar-refractivity contribution in [2.45, 2.75) is 13.3 Å². The Kier molecular flexibility index (Phi) is 2.17. The van der Waals surface area contributed by atoms with Crippen LogP contribution in [-0.2, 0) is 6.42 Å². The Hall–Kier alpha value is -1.43. The van der Waals surface area contributed by atoms with Gasteiger partial charge in [0.25, 0.3) is 0 Å². The Bertz CT molecular complexity index is 301. The third-order valence-corrected chi connectivity index (χ3v) is 1.34. The van der Waals surface area contributed by atoms with Crippen molar-refractivity contribution >= 4 is 0 Å². The highest BCUT2D eigenvalue weighted by molar-refractivity contribution is 5.20. The Morgan fingerprint density at radius 3 is 3.09 bits per heavy atom. The molecule has 0 aliphatic heterocycles. The molecule has 0 aliphatic rings. The maximum absolute atomic E-state index is 12.7. The molecule has 0 bridgehead atoms. The summed E-state index contributed by atoms with van der Waals surface area (Å²) in [6.45, 7) is 1.76. The molecule has 0 fully saturated rings. The molecule has 0 aliphatic carbocycles. The molecule has 1 aromatic rings. The van der Waals surface area contributed by atoms with Crippen LogP contribution in [0.5, 0.6) is 0 Å². The standard InChI is InChI=1S/C8H7FN2/c1-6-4-7(2-3-10)8(9)5-11-6/h4-5H,2H2,1H3. The molecule has 56 valence electrons. The fourth-order valence-electron chi connectivity index (χ4n) is 0.820. The number of nitriles is 1. The normalized spacial score (nSPS) is 9.18. The zero-order valence-electron chi connectivity index (χ0n) is 6.13. The van der Waals surface area contributed by atoms with Gasteiger partial charge in [0.15, 0.2) is 0 Å². The van der Waals surface area contributed by atoms with Crippen LogP contribution in [0.3, 0.4) is 0 Å². The molecular formula is C8H7FN2. The lowest BCUT2D eigenvalue weighted by atomic mass is 10.2. The van der Waals surface area contributed by atoms with Crippen molar-refractivity contribution in [3.05, 3.63) is 29.3 Å². The molecule has 0 N–H and O–H groups in total. The van der Waals surface area contributed by atoms with Crippen molar-refractivity contribution < 1.29 is 4.39 Å². The van der Waals surface area contributed by atoms with E-state index in [1.165, 1.54) is 0 Å². The van der Waals surface area contributed by atoms with Crippen molar-refractivity contribution in [3.8, 4) is 6.07 Å². The van der Waals surface area contributed by atoms with E-state index < -0.39 is 5.82 Å². The molecule has 0 unspecified atom stereocenters. The molecule has 0 atom stereocenters. The second kappa shape index (κ2) is 3.11. The first-order valence-corrected chi connectivity index (χ1v) is 3.22. The summed E-state index contributed by atoms with van der Waals surface area (Å²) < 4.78 is 12.7. The number of nitrogens with zero attached hydrogens (tertiary/aromatic N) is 2. The molecule has 0 amide bonds. The van der Waals surface area contributed by atoms with Crippen molar-refractivity contribution in [2.75, 3.05) is 0 Å². The van der Waals surface area contributed by atoms with Gasteiger partial charge in [-0.05, 0) is 13.0 Å². The Morgan fingerprint density at radius 1 is 1.73 bits per heavy atom. The summed E-state index contributed by atoms with van der Waals surface area (Å²) in [6.07, 6.45) is 1.25. The lowest BCUT2D eigenvalue weighted by Crippen LogP contribution is -1.91. The minimum Gasteiger partial charge on any atom is -0.259 e. The summed E-state index contributed by atoms with van der Waals surface area (Å²) in [5, 5.41) is 8.30. The van der Waals surface area contributed by atoms with Crippen LogP contribution in [0.15, 0.2) is 12.3 Å². The van der Waals surface area contributed by atoms with Crippen LogP contribution >= 0.6 is 0 Å².